The van der Waals surface area contributed by atoms with E-state index in [0.29, 0.717) is 39.4 Å². The summed E-state index contributed by atoms with van der Waals surface area (Å²) in [6, 6.07) is 21.7. The minimum atomic E-state index is -0.849. The molecule has 10 nitrogen and oxygen atoms in total. The predicted octanol–water partition coefficient (Wildman–Crippen LogP) is 6.20. The average Bonchev–Trinajstić information content (AvgIpc) is 3.05. The highest BCUT2D eigenvalue weighted by molar-refractivity contribution is 6.09. The largest absolute Gasteiger partial charge is 0.496 e. The number of hydrogen-bond acceptors (Lipinski definition) is 9. The second-order valence-corrected chi connectivity index (χ2v) is 11.4. The molecule has 1 aliphatic rings. The number of hydrogen-bond donors (Lipinski definition) is 1. The van der Waals surface area contributed by atoms with Crippen molar-refractivity contribution in [3.8, 4) is 22.6 Å². The van der Waals surface area contributed by atoms with Gasteiger partial charge in [-0.05, 0) is 74.9 Å². The van der Waals surface area contributed by atoms with Crippen LogP contribution < -0.4 is 19.7 Å². The molecule has 0 unspecified atom stereocenters. The van der Waals surface area contributed by atoms with Crippen molar-refractivity contribution in [2.75, 3.05) is 31.5 Å². The molecule has 0 aliphatic carbocycles. The van der Waals surface area contributed by atoms with Crippen molar-refractivity contribution in [1.29, 1.82) is 0 Å². The lowest BCUT2D eigenvalue weighted by molar-refractivity contribution is -0.121. The van der Waals surface area contributed by atoms with Gasteiger partial charge >= 0.3 is 17.9 Å². The third-order valence-corrected chi connectivity index (χ3v) is 7.73. The SMILES string of the molecule is COC(=O)c1cccc(C(=O)Oc2ccc(-c3ccc4c(c3COC(=O)c3ccc(C)cc3)N(C)C(=O)C(C)(C)N4)c(OC)c2)c1. The third-order valence-electron chi connectivity index (χ3n) is 7.73. The number of anilines is 2. The van der Waals surface area contributed by atoms with E-state index in [1.807, 2.05) is 31.2 Å². The van der Waals surface area contributed by atoms with E-state index < -0.39 is 23.4 Å². The number of rotatable bonds is 8. The normalized spacial score (nSPS) is 13.3. The average molecular weight is 623 g/mol. The summed E-state index contributed by atoms with van der Waals surface area (Å²) < 4.78 is 21.9. The molecule has 0 radical (unpaired) electrons. The predicted molar refractivity (Wildman–Crippen MR) is 173 cm³/mol. The van der Waals surface area contributed by atoms with E-state index in [1.54, 1.807) is 62.2 Å². The highest BCUT2D eigenvalue weighted by Gasteiger charge is 2.39. The Labute approximate surface area is 266 Å². The van der Waals surface area contributed by atoms with Crippen molar-refractivity contribution >= 4 is 35.2 Å². The Balaban J connectivity index is 1.51. The lowest BCUT2D eigenvalue weighted by Gasteiger charge is -2.39. The van der Waals surface area contributed by atoms with Gasteiger partial charge in [-0.15, -0.1) is 0 Å². The molecular formula is C36H34N2O8. The Morgan fingerprint density at radius 1 is 0.804 bits per heavy atom. The first-order chi connectivity index (χ1) is 21.9. The maximum absolute atomic E-state index is 13.3. The van der Waals surface area contributed by atoms with Crippen LogP contribution in [0.2, 0.25) is 0 Å². The number of esters is 3. The summed E-state index contributed by atoms with van der Waals surface area (Å²) in [5, 5.41) is 3.30. The van der Waals surface area contributed by atoms with E-state index in [1.165, 1.54) is 32.4 Å². The van der Waals surface area contributed by atoms with Crippen LogP contribution in [0.25, 0.3) is 11.1 Å². The topological polar surface area (TPSA) is 120 Å². The summed E-state index contributed by atoms with van der Waals surface area (Å²) in [4.78, 5) is 52.8. The molecule has 10 heteroatoms. The van der Waals surface area contributed by atoms with Crippen LogP contribution in [0.3, 0.4) is 0 Å². The Bertz CT molecular complexity index is 1850. The van der Waals surface area contributed by atoms with Crippen LogP contribution >= 0.6 is 0 Å². The first kappa shape index (κ1) is 31.8. The Kier molecular flexibility index (Phi) is 8.82. The number of likely N-dealkylation sites (N-methyl/N-ethyl adjacent to an activating group) is 1. The van der Waals surface area contributed by atoms with Crippen LogP contribution in [-0.4, -0.2) is 50.6 Å². The Morgan fingerprint density at radius 2 is 1.48 bits per heavy atom. The van der Waals surface area contributed by atoms with Crippen LogP contribution in [0.4, 0.5) is 11.4 Å². The van der Waals surface area contributed by atoms with E-state index in [0.717, 1.165) is 5.56 Å². The van der Waals surface area contributed by atoms with Crippen LogP contribution in [0.15, 0.2) is 78.9 Å². The molecule has 1 N–H and O–H groups in total. The number of ether oxygens (including phenoxy) is 4. The van der Waals surface area contributed by atoms with Crippen molar-refractivity contribution < 1.29 is 38.1 Å². The molecule has 0 bridgehead atoms. The fraction of sp³-hybridized carbons (Fsp3) is 0.222. The van der Waals surface area contributed by atoms with Gasteiger partial charge in [-0.2, -0.15) is 0 Å². The molecule has 0 saturated carbocycles. The molecule has 1 amide bonds. The van der Waals surface area contributed by atoms with Crippen molar-refractivity contribution in [1.82, 2.24) is 0 Å². The first-order valence-electron chi connectivity index (χ1n) is 14.5. The molecule has 46 heavy (non-hydrogen) atoms. The number of nitrogens with one attached hydrogen (secondary N) is 1. The van der Waals surface area contributed by atoms with Gasteiger partial charge in [0.25, 0.3) is 5.91 Å². The van der Waals surface area contributed by atoms with Gasteiger partial charge in [0.2, 0.25) is 0 Å². The van der Waals surface area contributed by atoms with E-state index in [-0.39, 0.29) is 29.4 Å². The summed E-state index contributed by atoms with van der Waals surface area (Å²) in [7, 11) is 4.43. The fourth-order valence-electron chi connectivity index (χ4n) is 5.35. The van der Waals surface area contributed by atoms with E-state index in [4.69, 9.17) is 18.9 Å². The molecular weight excluding hydrogens is 588 g/mol. The highest BCUT2D eigenvalue weighted by atomic mass is 16.5. The standard InChI is InChI=1S/C36H34N2O8/c1-21-10-12-22(13-11-21)33(40)45-20-28-26(16-17-29-31(28)38(4)35(42)36(2,3)37-29)27-15-14-25(19-30(27)43-5)46-34(41)24-9-7-8-23(18-24)32(39)44-6/h7-19,37H,20H2,1-6H3. The lowest BCUT2D eigenvalue weighted by atomic mass is 9.91. The smallest absolute Gasteiger partial charge is 0.343 e. The van der Waals surface area contributed by atoms with Gasteiger partial charge in [-0.1, -0.05) is 29.8 Å². The van der Waals surface area contributed by atoms with Crippen LogP contribution in [0, 0.1) is 6.92 Å². The number of nitrogens with zero attached hydrogens (tertiary/aromatic N) is 1. The minimum absolute atomic E-state index is 0.138. The monoisotopic (exact) mass is 622 g/mol. The first-order valence-corrected chi connectivity index (χ1v) is 14.5. The van der Waals surface area contributed by atoms with Crippen molar-refractivity contribution in [2.24, 2.45) is 0 Å². The second kappa shape index (κ2) is 12.8. The summed E-state index contributed by atoms with van der Waals surface area (Å²) >= 11 is 0. The molecule has 0 saturated heterocycles. The highest BCUT2D eigenvalue weighted by Crippen LogP contribution is 2.45. The minimum Gasteiger partial charge on any atom is -0.496 e. The summed E-state index contributed by atoms with van der Waals surface area (Å²) in [6.07, 6.45) is 0. The Morgan fingerprint density at radius 3 is 2.15 bits per heavy atom. The quantitative estimate of drug-likeness (QED) is 0.181. The summed E-state index contributed by atoms with van der Waals surface area (Å²) in [5.74, 6) is -1.34. The van der Waals surface area contributed by atoms with Gasteiger partial charge < -0.3 is 29.2 Å². The van der Waals surface area contributed by atoms with Crippen LogP contribution in [-0.2, 0) is 20.9 Å². The van der Waals surface area contributed by atoms with Crippen molar-refractivity contribution in [3.05, 3.63) is 107 Å². The van der Waals surface area contributed by atoms with Gasteiger partial charge in [0.1, 0.15) is 23.6 Å². The number of aryl methyl sites for hydroxylation is 1. The molecule has 0 spiro atoms. The third kappa shape index (κ3) is 6.28. The summed E-state index contributed by atoms with van der Waals surface area (Å²) in [6.45, 7) is 5.39. The van der Waals surface area contributed by atoms with Crippen molar-refractivity contribution in [3.63, 3.8) is 0 Å². The van der Waals surface area contributed by atoms with Gasteiger partial charge in [-0.25, -0.2) is 14.4 Å². The maximum Gasteiger partial charge on any atom is 0.343 e. The maximum atomic E-state index is 13.3. The van der Waals surface area contributed by atoms with E-state index in [9.17, 15) is 19.2 Å². The molecule has 4 aromatic carbocycles. The van der Waals surface area contributed by atoms with Gasteiger partial charge in [-0.3, -0.25) is 4.79 Å². The van der Waals surface area contributed by atoms with Crippen LogP contribution in [0.5, 0.6) is 11.5 Å². The molecule has 0 fully saturated rings. The number of carbonyl (C=O) groups is 4. The molecule has 1 heterocycles. The lowest BCUT2D eigenvalue weighted by Crippen LogP contribution is -2.52. The number of methoxy groups -OCH3 is 2. The fourth-order valence-corrected chi connectivity index (χ4v) is 5.35. The molecule has 5 rings (SSSR count). The number of amides is 1. The van der Waals surface area contributed by atoms with Crippen molar-refractivity contribution in [2.45, 2.75) is 32.9 Å². The summed E-state index contributed by atoms with van der Waals surface area (Å²) in [5.41, 5.74) is 4.08. The van der Waals surface area contributed by atoms with E-state index >= 15 is 0 Å². The van der Waals surface area contributed by atoms with E-state index in [2.05, 4.69) is 5.32 Å². The zero-order valence-corrected chi connectivity index (χ0v) is 26.4. The van der Waals surface area contributed by atoms with Gasteiger partial charge in [0.05, 0.1) is 42.3 Å². The van der Waals surface area contributed by atoms with Gasteiger partial charge in [0, 0.05) is 24.2 Å². The molecule has 0 atom stereocenters. The van der Waals surface area contributed by atoms with Crippen LogP contribution in [0.1, 0.15) is 56.0 Å². The number of carbonyl (C=O) groups excluding carboxylic acids is 4. The molecule has 0 aromatic heterocycles. The second-order valence-electron chi connectivity index (χ2n) is 11.4. The van der Waals surface area contributed by atoms with Gasteiger partial charge in [0.15, 0.2) is 0 Å². The zero-order valence-electron chi connectivity index (χ0n) is 26.4. The number of fused-ring (bicyclic) bond motifs is 1. The molecule has 236 valence electrons. The number of benzene rings is 4. The Hall–Kier alpha value is -5.64. The molecule has 4 aromatic rings. The zero-order chi connectivity index (χ0) is 33.2. The molecule has 1 aliphatic heterocycles.